The molecule has 1 aromatic carbocycles. The lowest BCUT2D eigenvalue weighted by molar-refractivity contribution is -0.318. The molecule has 1 saturated carbocycles. The Labute approximate surface area is 447 Å². The van der Waals surface area contributed by atoms with E-state index >= 15 is 0 Å². The van der Waals surface area contributed by atoms with Crippen LogP contribution in [-0.4, -0.2) is 208 Å². The van der Waals surface area contributed by atoms with Gasteiger partial charge in [-0.15, -0.1) is 0 Å². The second-order valence-corrected chi connectivity index (χ2v) is 23.5. The second-order valence-electron chi connectivity index (χ2n) is 23.5. The number of nitrogens with one attached hydrogen (secondary N) is 1. The molecule has 76 heavy (non-hydrogen) atoms. The second kappa shape index (κ2) is 24.9. The molecule has 0 radical (unpaired) electrons. The van der Waals surface area contributed by atoms with Crippen LogP contribution in [0.25, 0.3) is 10.9 Å². The molecular formula is C55H90FN5O15. The molecule has 1 aliphatic carbocycles. The molecule has 5 heterocycles. The van der Waals surface area contributed by atoms with Crippen molar-refractivity contribution in [3.63, 3.8) is 0 Å². The first-order valence-corrected chi connectivity index (χ1v) is 27.3. The zero-order valence-electron chi connectivity index (χ0n) is 47.3. The largest absolute Gasteiger partial charge is 0.477 e. The van der Waals surface area contributed by atoms with Crippen LogP contribution in [0.4, 0.5) is 10.1 Å². The number of hydrogen-bond acceptors (Lipinski definition) is 18. The van der Waals surface area contributed by atoms with E-state index in [9.17, 15) is 49.4 Å². The van der Waals surface area contributed by atoms with Gasteiger partial charge in [-0.25, -0.2) is 9.18 Å². The van der Waals surface area contributed by atoms with Gasteiger partial charge in [0.15, 0.2) is 12.6 Å². The highest BCUT2D eigenvalue weighted by Crippen LogP contribution is 2.41. The van der Waals surface area contributed by atoms with Gasteiger partial charge in [0.25, 0.3) is 0 Å². The summed E-state index contributed by atoms with van der Waals surface area (Å²) in [5.74, 6) is -4.34. The molecule has 7 rings (SSSR count). The van der Waals surface area contributed by atoms with Crippen LogP contribution >= 0.6 is 0 Å². The Bertz CT molecular complexity index is 2350. The number of aliphatic hydroxyl groups excluding tert-OH is 3. The first kappa shape index (κ1) is 61.8. The Morgan fingerprint density at radius 2 is 1.59 bits per heavy atom. The number of halogens is 1. The molecule has 432 valence electrons. The topological polar surface area (TPSA) is 255 Å². The van der Waals surface area contributed by atoms with E-state index in [-0.39, 0.29) is 54.3 Å². The number of benzene rings is 1. The number of aromatic nitrogens is 1. The maximum Gasteiger partial charge on any atom is 0.341 e. The fourth-order valence-corrected chi connectivity index (χ4v) is 12.1. The molecule has 5 aliphatic rings. The predicted molar refractivity (Wildman–Crippen MR) is 283 cm³/mol. The van der Waals surface area contributed by atoms with E-state index in [1.807, 2.05) is 61.2 Å². The Kier molecular flexibility index (Phi) is 20.3. The lowest BCUT2D eigenvalue weighted by Gasteiger charge is -2.48. The Balaban J connectivity index is 0.000000320. The van der Waals surface area contributed by atoms with Gasteiger partial charge in [0.05, 0.1) is 52.7 Å². The molecule has 7 N–H and O–H groups in total. The molecule has 2 aromatic rings. The third kappa shape index (κ3) is 13.6. The van der Waals surface area contributed by atoms with Gasteiger partial charge in [-0.2, -0.15) is 0 Å². The number of carbonyl (C=O) groups excluding carboxylic acids is 1. The number of carboxylic acid groups (broad SMARTS) is 1. The van der Waals surface area contributed by atoms with Crippen LogP contribution < -0.4 is 15.6 Å². The van der Waals surface area contributed by atoms with E-state index in [1.54, 1.807) is 47.6 Å². The van der Waals surface area contributed by atoms with E-state index < -0.39 is 113 Å². The Morgan fingerprint density at radius 1 is 0.947 bits per heavy atom. The van der Waals surface area contributed by atoms with Gasteiger partial charge in [0, 0.05) is 81.9 Å². The molecule has 0 unspecified atom stereocenters. The maximum atomic E-state index is 14.6. The van der Waals surface area contributed by atoms with E-state index in [2.05, 4.69) is 5.32 Å². The average Bonchev–Trinajstić information content (AvgIpc) is 4.21. The van der Waals surface area contributed by atoms with Crippen molar-refractivity contribution in [2.45, 2.75) is 204 Å². The van der Waals surface area contributed by atoms with Crippen LogP contribution in [0, 0.1) is 23.6 Å². The number of fused-ring (bicyclic) bond motifs is 1. The van der Waals surface area contributed by atoms with Gasteiger partial charge in [-0.3, -0.25) is 9.59 Å². The normalized spacial score (nSPS) is 39.7. The summed E-state index contributed by atoms with van der Waals surface area (Å²) >= 11 is 0. The minimum Gasteiger partial charge on any atom is -0.477 e. The molecule has 18 atom stereocenters. The van der Waals surface area contributed by atoms with E-state index in [1.165, 1.54) is 26.3 Å². The molecule has 21 heteroatoms. The summed E-state index contributed by atoms with van der Waals surface area (Å²) in [5.41, 5.74) is -4.21. The van der Waals surface area contributed by atoms with Crippen LogP contribution in [0.5, 0.6) is 0 Å². The van der Waals surface area contributed by atoms with Gasteiger partial charge in [-0.1, -0.05) is 20.8 Å². The highest BCUT2D eigenvalue weighted by Gasteiger charge is 2.53. The number of nitrogens with zero attached hydrogens (tertiary/aromatic N) is 4. The van der Waals surface area contributed by atoms with Crippen molar-refractivity contribution in [1.82, 2.24) is 19.7 Å². The summed E-state index contributed by atoms with van der Waals surface area (Å²) in [6, 6.07) is 2.27. The van der Waals surface area contributed by atoms with Gasteiger partial charge in [0.1, 0.15) is 41.4 Å². The van der Waals surface area contributed by atoms with Crippen LogP contribution in [-0.2, 0) is 33.2 Å². The monoisotopic (exact) mass is 1080 g/mol. The fraction of sp³-hybridized carbons (Fsp3) is 0.800. The van der Waals surface area contributed by atoms with Crippen molar-refractivity contribution >= 4 is 28.5 Å². The summed E-state index contributed by atoms with van der Waals surface area (Å²) in [4.78, 5) is 43.8. The van der Waals surface area contributed by atoms with Gasteiger partial charge in [-0.05, 0) is 120 Å². The number of piperazine rings is 1. The van der Waals surface area contributed by atoms with Crippen LogP contribution in [0.2, 0.25) is 0 Å². The number of likely N-dealkylation sites (N-methyl/N-ethyl adjacent to an activating group) is 2. The summed E-state index contributed by atoms with van der Waals surface area (Å²) < 4.78 is 54.0. The number of aromatic carboxylic acids is 1. The summed E-state index contributed by atoms with van der Waals surface area (Å²) in [6.07, 6.45) is -4.90. The number of methoxy groups -OCH3 is 1. The summed E-state index contributed by atoms with van der Waals surface area (Å²) in [5, 5.41) is 70.8. The molecule has 0 amide bonds. The van der Waals surface area contributed by atoms with Crippen molar-refractivity contribution in [2.24, 2.45) is 17.8 Å². The third-order valence-corrected chi connectivity index (χ3v) is 16.9. The molecule has 4 aliphatic heterocycles. The lowest BCUT2D eigenvalue weighted by atomic mass is 9.77. The van der Waals surface area contributed by atoms with E-state index in [0.717, 1.165) is 25.9 Å². The number of carboxylic acids is 1. The van der Waals surface area contributed by atoms with E-state index in [0.29, 0.717) is 37.3 Å². The standard InChI is InChI=1S/C38H72N2O12.C17H18FN3O3/c1-15-27-38(10,46)31(42)24(6)40(13)19-20(2)17-36(8,45)33(52-35-29(41)26(39(11)12)16-21(3)48-35)22(4)30(23(5)34(44)50-27)51-28-18-37(9,47-14)32(43)25(7)49-28;18-13-7-11-14(8-15(13)20-5-3-19-4-6-20)21(10-1-2-10)9-12(16(11)22)17(23)24/h20-33,35,41-43,45-46H,15-19H2,1-14H3;7-10,19H,1-6H2,(H,23,24)/t20-,21-,22+,23-,24-,25+,26+,27-,28+,29-,30+,31-,32+,33-,35+,36-,37-,38-;/m1./s1. The first-order valence-electron chi connectivity index (χ1n) is 27.3. The lowest BCUT2D eigenvalue weighted by Crippen LogP contribution is -2.60. The number of esters is 1. The molecule has 20 nitrogen and oxygen atoms in total. The molecule has 0 bridgehead atoms. The maximum absolute atomic E-state index is 14.6. The average molecular weight is 1080 g/mol. The van der Waals surface area contributed by atoms with Crippen molar-refractivity contribution in [3.8, 4) is 0 Å². The Morgan fingerprint density at radius 3 is 2.17 bits per heavy atom. The zero-order valence-corrected chi connectivity index (χ0v) is 47.3. The highest BCUT2D eigenvalue weighted by molar-refractivity contribution is 5.93. The van der Waals surface area contributed by atoms with Crippen molar-refractivity contribution in [1.29, 1.82) is 0 Å². The van der Waals surface area contributed by atoms with Crippen molar-refractivity contribution in [3.05, 3.63) is 39.9 Å². The number of carbonyl (C=O) groups is 2. The molecule has 0 spiro atoms. The summed E-state index contributed by atoms with van der Waals surface area (Å²) in [7, 11) is 7.12. The van der Waals surface area contributed by atoms with Gasteiger partial charge < -0.3 is 83.6 Å². The number of aliphatic hydroxyl groups is 5. The van der Waals surface area contributed by atoms with Crippen LogP contribution in [0.1, 0.15) is 124 Å². The van der Waals surface area contributed by atoms with Crippen molar-refractivity contribution in [2.75, 3.05) is 65.9 Å². The molecule has 5 fully saturated rings. The number of ether oxygens (including phenoxy) is 6. The molecule has 4 saturated heterocycles. The van der Waals surface area contributed by atoms with Crippen molar-refractivity contribution < 1.29 is 73.0 Å². The number of pyridine rings is 1. The zero-order chi connectivity index (χ0) is 56.5. The smallest absolute Gasteiger partial charge is 0.341 e. The number of hydrogen-bond donors (Lipinski definition) is 7. The third-order valence-electron chi connectivity index (χ3n) is 16.9. The highest BCUT2D eigenvalue weighted by atomic mass is 19.1. The number of anilines is 1. The Hall–Kier alpha value is -3.42. The molecular weight excluding hydrogens is 990 g/mol. The summed E-state index contributed by atoms with van der Waals surface area (Å²) in [6.45, 7) is 21.0. The van der Waals surface area contributed by atoms with Crippen LogP contribution in [0.3, 0.4) is 0 Å². The minimum absolute atomic E-state index is 0.133. The van der Waals surface area contributed by atoms with Crippen LogP contribution in [0.15, 0.2) is 23.1 Å². The van der Waals surface area contributed by atoms with Gasteiger partial charge in [0.2, 0.25) is 5.43 Å². The fourth-order valence-electron chi connectivity index (χ4n) is 12.1. The van der Waals surface area contributed by atoms with E-state index in [4.69, 9.17) is 28.4 Å². The first-order chi connectivity index (χ1) is 35.5. The number of cyclic esters (lactones) is 1. The predicted octanol–water partition coefficient (Wildman–Crippen LogP) is 3.48. The molecule has 1 aromatic heterocycles. The number of rotatable bonds is 10. The quantitative estimate of drug-likeness (QED) is 0.168. The van der Waals surface area contributed by atoms with Gasteiger partial charge >= 0.3 is 11.9 Å². The SMILES string of the molecule is CC[C@H]1OC(=O)[C@H](C)[C@@H](O[C@H]2C[C@@](C)(OC)[C@@H](O)[C@H](C)O2)[C@H](C)[C@@H](O[C@@H]2O[C@H](C)C[C@H](N(C)C)[C@H]2O)[C@](C)(O)C[C@@H](C)CN(C)[C@H](C)[C@@H](O)[C@]1(C)O.O=C(O)c1cn(C2CC2)c2cc(N3CCNCC3)c(F)cc2c1=O. The minimum atomic E-state index is -1.80.